The number of hydrogen-bond donors (Lipinski definition) is 1. The lowest BCUT2D eigenvalue weighted by atomic mass is 9.90. The van der Waals surface area contributed by atoms with Crippen molar-refractivity contribution in [3.8, 4) is 11.5 Å². The standard InChI is InChI=1S/C28H28ClFN2O2S/c1-18-3-9-23(28(29)31-18)25-17-35-26-15-20(33)6-10-24(26)27(25)19-4-7-21(8-5-19)34-22-11-14-32(16-22)13-2-12-30/h3-10,15,22,33H,2,11-14,16-17H2,1H3/t22-/m0/s1. The van der Waals surface area contributed by atoms with Crippen molar-refractivity contribution in [1.29, 1.82) is 0 Å². The molecular formula is C28H28ClFN2O2S. The molecule has 0 spiro atoms. The number of aromatic hydroxyl groups is 1. The first-order valence-corrected chi connectivity index (χ1v) is 13.3. The maximum absolute atomic E-state index is 12.5. The topological polar surface area (TPSA) is 45.6 Å². The number of rotatable bonds is 7. The molecule has 7 heteroatoms. The van der Waals surface area contributed by atoms with Gasteiger partial charge in [0, 0.05) is 41.5 Å². The fourth-order valence-corrected chi connectivity index (χ4v) is 6.23. The highest BCUT2D eigenvalue weighted by Gasteiger charge is 2.26. The van der Waals surface area contributed by atoms with E-state index < -0.39 is 0 Å². The highest BCUT2D eigenvalue weighted by atomic mass is 35.5. The van der Waals surface area contributed by atoms with Crippen molar-refractivity contribution in [2.45, 2.75) is 30.8 Å². The molecule has 2 aliphatic heterocycles. The lowest BCUT2D eigenvalue weighted by molar-refractivity contribution is 0.198. The number of benzene rings is 2. The van der Waals surface area contributed by atoms with Crippen LogP contribution in [0.4, 0.5) is 4.39 Å². The molecule has 2 aliphatic rings. The largest absolute Gasteiger partial charge is 0.508 e. The molecule has 4 nitrogen and oxygen atoms in total. The van der Waals surface area contributed by atoms with Gasteiger partial charge in [0.1, 0.15) is 22.8 Å². The van der Waals surface area contributed by atoms with E-state index in [4.69, 9.17) is 16.3 Å². The Labute approximate surface area is 214 Å². The maximum Gasteiger partial charge on any atom is 0.136 e. The van der Waals surface area contributed by atoms with Crippen LogP contribution >= 0.6 is 23.4 Å². The quantitative estimate of drug-likeness (QED) is 0.361. The Morgan fingerprint density at radius 2 is 1.94 bits per heavy atom. The molecule has 1 N–H and O–H groups in total. The van der Waals surface area contributed by atoms with Gasteiger partial charge in [-0.1, -0.05) is 23.7 Å². The molecule has 2 aromatic carbocycles. The number of halogens is 2. The summed E-state index contributed by atoms with van der Waals surface area (Å²) in [5, 5.41) is 10.5. The Balaban J connectivity index is 1.46. The summed E-state index contributed by atoms with van der Waals surface area (Å²) in [5.41, 5.74) is 6.16. The maximum atomic E-state index is 12.5. The van der Waals surface area contributed by atoms with Crippen LogP contribution in [-0.4, -0.2) is 53.2 Å². The summed E-state index contributed by atoms with van der Waals surface area (Å²) in [5.74, 6) is 1.82. The minimum atomic E-state index is -0.271. The van der Waals surface area contributed by atoms with Crippen LogP contribution in [0.15, 0.2) is 59.5 Å². The number of thioether (sulfide) groups is 1. The zero-order chi connectivity index (χ0) is 24.4. The Kier molecular flexibility index (Phi) is 7.32. The van der Waals surface area contributed by atoms with Crippen molar-refractivity contribution in [1.82, 2.24) is 9.88 Å². The first-order valence-electron chi connectivity index (χ1n) is 11.9. The van der Waals surface area contributed by atoms with Gasteiger partial charge in [0.15, 0.2) is 0 Å². The average molecular weight is 511 g/mol. The van der Waals surface area contributed by atoms with Crippen molar-refractivity contribution in [3.05, 3.63) is 82.1 Å². The molecule has 0 radical (unpaired) electrons. The third kappa shape index (κ3) is 5.35. The summed E-state index contributed by atoms with van der Waals surface area (Å²) in [7, 11) is 0. The second-order valence-electron chi connectivity index (χ2n) is 9.01. The number of hydrogen-bond acceptors (Lipinski definition) is 5. The van der Waals surface area contributed by atoms with Crippen LogP contribution in [0, 0.1) is 6.92 Å². The zero-order valence-corrected chi connectivity index (χ0v) is 21.2. The molecule has 1 aromatic heterocycles. The van der Waals surface area contributed by atoms with Gasteiger partial charge in [-0.3, -0.25) is 9.29 Å². The smallest absolute Gasteiger partial charge is 0.136 e. The zero-order valence-electron chi connectivity index (χ0n) is 19.6. The summed E-state index contributed by atoms with van der Waals surface area (Å²) < 4.78 is 18.7. The van der Waals surface area contributed by atoms with E-state index in [-0.39, 0.29) is 18.5 Å². The van der Waals surface area contributed by atoms with Gasteiger partial charge in [-0.05, 0) is 84.5 Å². The van der Waals surface area contributed by atoms with Crippen LogP contribution in [-0.2, 0) is 0 Å². The van der Waals surface area contributed by atoms with E-state index in [1.807, 2.05) is 43.3 Å². The molecular weight excluding hydrogens is 483 g/mol. The van der Waals surface area contributed by atoms with Gasteiger partial charge in [0.2, 0.25) is 0 Å². The van der Waals surface area contributed by atoms with E-state index in [9.17, 15) is 9.50 Å². The molecule has 3 aromatic rings. The van der Waals surface area contributed by atoms with Crippen LogP contribution in [0.25, 0.3) is 11.1 Å². The van der Waals surface area contributed by atoms with E-state index in [2.05, 4.69) is 22.0 Å². The Morgan fingerprint density at radius 3 is 2.71 bits per heavy atom. The van der Waals surface area contributed by atoms with E-state index in [1.54, 1.807) is 17.8 Å². The monoisotopic (exact) mass is 510 g/mol. The number of aromatic nitrogens is 1. The van der Waals surface area contributed by atoms with Crippen LogP contribution in [0.3, 0.4) is 0 Å². The molecule has 1 saturated heterocycles. The number of phenolic OH excluding ortho intramolecular Hbond substituents is 1. The minimum Gasteiger partial charge on any atom is -0.508 e. The van der Waals surface area contributed by atoms with E-state index >= 15 is 0 Å². The SMILES string of the molecule is Cc1ccc(C2=C(c3ccc(O[C@H]4CCN(CCCF)C4)cc3)c3ccc(O)cc3SC2)c(Cl)n1. The molecule has 3 heterocycles. The van der Waals surface area contributed by atoms with Crippen molar-refractivity contribution in [2.24, 2.45) is 0 Å². The third-order valence-electron chi connectivity index (χ3n) is 6.50. The van der Waals surface area contributed by atoms with E-state index in [1.165, 1.54) is 0 Å². The highest BCUT2D eigenvalue weighted by Crippen LogP contribution is 2.46. The Hall–Kier alpha value is -2.54. The van der Waals surface area contributed by atoms with Crippen LogP contribution in [0.1, 0.15) is 35.2 Å². The van der Waals surface area contributed by atoms with Crippen molar-refractivity contribution in [2.75, 3.05) is 32.1 Å². The van der Waals surface area contributed by atoms with Crippen molar-refractivity contribution in [3.63, 3.8) is 0 Å². The molecule has 0 amide bonds. The van der Waals surface area contributed by atoms with Gasteiger partial charge in [-0.2, -0.15) is 0 Å². The first kappa shape index (κ1) is 24.2. The van der Waals surface area contributed by atoms with Gasteiger partial charge >= 0.3 is 0 Å². The molecule has 35 heavy (non-hydrogen) atoms. The summed E-state index contributed by atoms with van der Waals surface area (Å²) in [6, 6.07) is 17.7. The molecule has 182 valence electrons. The molecule has 1 atom stereocenters. The minimum absolute atomic E-state index is 0.127. The van der Waals surface area contributed by atoms with Gasteiger partial charge in [-0.25, -0.2) is 4.98 Å². The molecule has 0 saturated carbocycles. The third-order valence-corrected chi connectivity index (χ3v) is 7.87. The highest BCUT2D eigenvalue weighted by molar-refractivity contribution is 7.99. The predicted molar refractivity (Wildman–Crippen MR) is 141 cm³/mol. The second kappa shape index (κ2) is 10.6. The lowest BCUT2D eigenvalue weighted by Gasteiger charge is -2.25. The number of pyridine rings is 1. The first-order chi connectivity index (χ1) is 17.0. The number of likely N-dealkylation sites (tertiary alicyclic amines) is 1. The molecule has 0 aliphatic carbocycles. The van der Waals surface area contributed by atoms with Crippen molar-refractivity contribution < 1.29 is 14.2 Å². The molecule has 0 bridgehead atoms. The average Bonchev–Trinajstić information content (AvgIpc) is 3.30. The number of fused-ring (bicyclic) bond motifs is 1. The summed E-state index contributed by atoms with van der Waals surface area (Å²) in [6.45, 7) is 4.24. The van der Waals surface area contributed by atoms with Gasteiger partial charge in [0.25, 0.3) is 0 Å². The fourth-order valence-electron chi connectivity index (χ4n) is 4.79. The normalized spacial score (nSPS) is 18.1. The summed E-state index contributed by atoms with van der Waals surface area (Å²) in [4.78, 5) is 7.79. The van der Waals surface area contributed by atoms with Crippen LogP contribution in [0.5, 0.6) is 11.5 Å². The molecule has 5 rings (SSSR count). The number of aryl methyl sites for hydroxylation is 1. The number of alkyl halides is 1. The van der Waals surface area contributed by atoms with Gasteiger partial charge < -0.3 is 9.84 Å². The Bertz CT molecular complexity index is 1250. The second-order valence-corrected chi connectivity index (χ2v) is 10.4. The van der Waals surface area contributed by atoms with Crippen molar-refractivity contribution >= 4 is 34.5 Å². The van der Waals surface area contributed by atoms with Crippen LogP contribution in [0.2, 0.25) is 5.15 Å². The Morgan fingerprint density at radius 1 is 1.14 bits per heavy atom. The van der Waals surface area contributed by atoms with Gasteiger partial charge in [-0.15, -0.1) is 11.8 Å². The number of phenols is 1. The molecule has 1 fully saturated rings. The molecule has 0 unspecified atom stereocenters. The van der Waals surface area contributed by atoms with E-state index in [0.717, 1.165) is 76.0 Å². The number of ether oxygens (including phenoxy) is 1. The summed E-state index contributed by atoms with van der Waals surface area (Å²) >= 11 is 8.28. The van der Waals surface area contributed by atoms with Gasteiger partial charge in [0.05, 0.1) is 6.67 Å². The number of nitrogens with zero attached hydrogens (tertiary/aromatic N) is 2. The fraction of sp³-hybridized carbons (Fsp3) is 0.321. The predicted octanol–water partition coefficient (Wildman–Crippen LogP) is 6.63. The van der Waals surface area contributed by atoms with E-state index in [0.29, 0.717) is 11.6 Å². The summed E-state index contributed by atoms with van der Waals surface area (Å²) in [6.07, 6.45) is 1.66. The lowest BCUT2D eigenvalue weighted by Crippen LogP contribution is -2.26. The van der Waals surface area contributed by atoms with Crippen LogP contribution < -0.4 is 4.74 Å².